The van der Waals surface area contributed by atoms with Crippen LogP contribution in [0.3, 0.4) is 0 Å². The van der Waals surface area contributed by atoms with Crippen molar-refractivity contribution in [3.05, 3.63) is 82.7 Å². The molecule has 5 rings (SSSR count). The molecule has 2 N–H and O–H groups in total. The molecule has 1 atom stereocenters. The molecule has 1 aromatic heterocycles. The van der Waals surface area contributed by atoms with Crippen LogP contribution in [0, 0.1) is 18.8 Å². The monoisotopic (exact) mass is 652 g/mol. The van der Waals surface area contributed by atoms with Crippen molar-refractivity contribution in [2.45, 2.75) is 51.2 Å². The number of thiophene rings is 1. The minimum atomic E-state index is -3.07. The van der Waals surface area contributed by atoms with Crippen LogP contribution in [0.4, 0.5) is 0 Å². The third-order valence-corrected chi connectivity index (χ3v) is 10.4. The fourth-order valence-electron chi connectivity index (χ4n) is 5.25. The molecule has 2 heterocycles. The smallest absolute Gasteiger partial charge is 0.304 e. The zero-order valence-electron chi connectivity index (χ0n) is 24.6. The molecule has 0 radical (unpaired) electrons. The van der Waals surface area contributed by atoms with Gasteiger partial charge in [-0.15, -0.1) is 17.3 Å². The number of carbonyl (C=O) groups is 1. The minimum Gasteiger partial charge on any atom is -0.491 e. The van der Waals surface area contributed by atoms with Crippen molar-refractivity contribution >= 4 is 50.7 Å². The van der Waals surface area contributed by atoms with Crippen molar-refractivity contribution < 1.29 is 32.9 Å². The van der Waals surface area contributed by atoms with Gasteiger partial charge in [-0.2, -0.15) is 13.5 Å². The summed E-state index contributed by atoms with van der Waals surface area (Å²) >= 11 is 1.68. The lowest BCUT2D eigenvalue weighted by molar-refractivity contribution is -0.137. The third kappa shape index (κ3) is 8.16. The number of hydrogen-bond donors (Lipinski definition) is 2. The van der Waals surface area contributed by atoms with Crippen molar-refractivity contribution in [2.75, 3.05) is 18.1 Å². The number of ether oxygens (including phenoxy) is 2. The summed E-state index contributed by atoms with van der Waals surface area (Å²) in [6, 6.07) is 19.6. The molecule has 1 fully saturated rings. The molecule has 10 heteroatoms. The highest BCUT2D eigenvalue weighted by Crippen LogP contribution is 2.38. The molecule has 44 heavy (non-hydrogen) atoms. The number of sulfone groups is 1. The lowest BCUT2D eigenvalue weighted by Crippen LogP contribution is -2.43. The second-order valence-corrected chi connectivity index (χ2v) is 14.2. The average molecular weight is 653 g/mol. The van der Waals surface area contributed by atoms with Crippen LogP contribution in [0.25, 0.3) is 21.2 Å². The summed E-state index contributed by atoms with van der Waals surface area (Å²) in [4.78, 5) is 11.2. The first-order chi connectivity index (χ1) is 20.5. The molecule has 232 valence electrons. The van der Waals surface area contributed by atoms with E-state index in [1.54, 1.807) is 18.3 Å². The van der Waals surface area contributed by atoms with Gasteiger partial charge in [-0.3, -0.25) is 4.79 Å². The summed E-state index contributed by atoms with van der Waals surface area (Å²) in [5.41, 5.74) is 3.98. The molecule has 0 unspecified atom stereocenters. The average Bonchev–Trinajstić information content (AvgIpc) is 3.40. The summed E-state index contributed by atoms with van der Waals surface area (Å²) in [6.07, 6.45) is 0.328. The van der Waals surface area contributed by atoms with E-state index in [1.807, 2.05) is 49.4 Å². The maximum Gasteiger partial charge on any atom is 0.304 e. The summed E-state index contributed by atoms with van der Waals surface area (Å²) in [6.45, 7) is 4.17. The molecular weight excluding hydrogens is 617 g/mol. The zero-order chi connectivity index (χ0) is 30.6. The molecule has 0 amide bonds. The fraction of sp³-hybridized carbons (Fsp3) is 0.324. The normalized spacial score (nSPS) is 15.8. The van der Waals surface area contributed by atoms with Gasteiger partial charge >= 0.3 is 5.97 Å². The van der Waals surface area contributed by atoms with Gasteiger partial charge in [0.25, 0.3) is 0 Å². The van der Waals surface area contributed by atoms with Crippen LogP contribution in [-0.4, -0.2) is 48.3 Å². The highest BCUT2D eigenvalue weighted by Gasteiger charge is 2.36. The Morgan fingerprint density at radius 3 is 2.36 bits per heavy atom. The zero-order valence-corrected chi connectivity index (χ0v) is 27.3. The maximum atomic E-state index is 11.7. The number of hydrogen-bond acceptors (Lipinski definition) is 7. The van der Waals surface area contributed by atoms with Crippen LogP contribution in [0.15, 0.2) is 66.0 Å². The molecule has 1 aliphatic heterocycles. The molecule has 0 bridgehead atoms. The molecule has 1 aliphatic rings. The number of fused-ring (bicyclic) bond motifs is 1. The highest BCUT2D eigenvalue weighted by atomic mass is 32.2. The van der Waals surface area contributed by atoms with E-state index in [0.29, 0.717) is 18.1 Å². The third-order valence-electron chi connectivity index (χ3n) is 7.78. The maximum absolute atomic E-state index is 11.7. The number of aliphatic carboxylic acids is 1. The van der Waals surface area contributed by atoms with Gasteiger partial charge in [0.05, 0.1) is 23.8 Å². The summed E-state index contributed by atoms with van der Waals surface area (Å²) in [5, 5.41) is 23.2. The van der Waals surface area contributed by atoms with E-state index in [9.17, 15) is 23.4 Å². The Kier molecular flexibility index (Phi) is 10.7. The first kappa shape index (κ1) is 33.4. The molecule has 4 aromatic rings. The Bertz CT molecular complexity index is 1780. The molecular formula is C34H36O7S3. The fourth-order valence-corrected chi connectivity index (χ4v) is 7.77. The number of rotatable bonds is 10. The molecule has 0 aliphatic carbocycles. The lowest BCUT2D eigenvalue weighted by atomic mass is 9.96. The number of aryl methyl sites for hydroxylation is 1. The van der Waals surface area contributed by atoms with E-state index in [4.69, 9.17) is 9.47 Å². The van der Waals surface area contributed by atoms with Crippen LogP contribution in [0.5, 0.6) is 11.5 Å². The van der Waals surface area contributed by atoms with Crippen molar-refractivity contribution in [1.82, 2.24) is 0 Å². The SMILES string of the molecule is CC#C[C@@H](CC(=O)O)c1ccc(OCc2ccc3scc(-c4ccc(OCC5(O)CCS(=O)(=O)CC5)cc4C)c3c2)cc1.S. The van der Waals surface area contributed by atoms with E-state index < -0.39 is 21.4 Å². The van der Waals surface area contributed by atoms with Gasteiger partial charge < -0.3 is 19.7 Å². The number of aliphatic hydroxyl groups is 1. The number of carboxylic acids is 1. The molecule has 0 saturated carbocycles. The van der Waals surface area contributed by atoms with E-state index in [0.717, 1.165) is 33.2 Å². The van der Waals surface area contributed by atoms with Crippen LogP contribution >= 0.6 is 24.8 Å². The first-order valence-corrected chi connectivity index (χ1v) is 16.8. The van der Waals surface area contributed by atoms with Crippen LogP contribution in [0.2, 0.25) is 0 Å². The standard InChI is InChI=1S/C34H34O7S2.H2S/c1-3-4-26(19-33(35)36)25-6-8-27(9-7-25)40-20-24-5-12-32-30(18-24)31(21-42-32)29-11-10-28(17-23(29)2)41-22-34(37)13-15-43(38,39)16-14-34;/h5-12,17-18,21,26,37H,13-16,19-20,22H2,1-2H3,(H,35,36);1H2/t26-;/m0./s1. The van der Waals surface area contributed by atoms with Gasteiger partial charge in [-0.05, 0) is 90.7 Å². The molecule has 3 aromatic carbocycles. The van der Waals surface area contributed by atoms with Gasteiger partial charge in [0.2, 0.25) is 0 Å². The van der Waals surface area contributed by atoms with E-state index in [1.165, 1.54) is 4.70 Å². The van der Waals surface area contributed by atoms with Gasteiger partial charge in [-0.1, -0.05) is 30.2 Å². The second-order valence-electron chi connectivity index (χ2n) is 11.0. The lowest BCUT2D eigenvalue weighted by Gasteiger charge is -2.31. The topological polar surface area (TPSA) is 110 Å². The second kappa shape index (κ2) is 14.1. The van der Waals surface area contributed by atoms with Gasteiger partial charge in [0, 0.05) is 15.6 Å². The van der Waals surface area contributed by atoms with Crippen LogP contribution in [0.1, 0.15) is 48.8 Å². The molecule has 0 spiro atoms. The molecule has 1 saturated heterocycles. The summed E-state index contributed by atoms with van der Waals surface area (Å²) < 4.78 is 36.6. The van der Waals surface area contributed by atoms with E-state index >= 15 is 0 Å². The van der Waals surface area contributed by atoms with Crippen LogP contribution in [-0.2, 0) is 21.2 Å². The summed E-state index contributed by atoms with van der Waals surface area (Å²) in [7, 11) is -3.07. The Hall–Kier alpha value is -3.49. The van der Waals surface area contributed by atoms with Crippen molar-refractivity contribution in [3.63, 3.8) is 0 Å². The number of benzene rings is 3. The number of carboxylic acid groups (broad SMARTS) is 1. The Morgan fingerprint density at radius 2 is 1.70 bits per heavy atom. The van der Waals surface area contributed by atoms with Gasteiger partial charge in [-0.25, -0.2) is 8.42 Å². The minimum absolute atomic E-state index is 0. The predicted molar refractivity (Wildman–Crippen MR) is 180 cm³/mol. The first-order valence-electron chi connectivity index (χ1n) is 14.1. The van der Waals surface area contributed by atoms with Gasteiger partial charge in [0.1, 0.15) is 30.3 Å². The highest BCUT2D eigenvalue weighted by molar-refractivity contribution is 7.91. The van der Waals surface area contributed by atoms with E-state index in [-0.39, 0.29) is 56.8 Å². The largest absolute Gasteiger partial charge is 0.491 e. The predicted octanol–water partition coefficient (Wildman–Crippen LogP) is 6.47. The van der Waals surface area contributed by atoms with Crippen molar-refractivity contribution in [2.24, 2.45) is 0 Å². The quantitative estimate of drug-likeness (QED) is 0.189. The van der Waals surface area contributed by atoms with Crippen molar-refractivity contribution in [3.8, 4) is 34.5 Å². The Morgan fingerprint density at radius 1 is 1.00 bits per heavy atom. The van der Waals surface area contributed by atoms with Gasteiger partial charge in [0.15, 0.2) is 9.84 Å². The van der Waals surface area contributed by atoms with Crippen molar-refractivity contribution in [1.29, 1.82) is 0 Å². The Labute approximate surface area is 269 Å². The van der Waals surface area contributed by atoms with E-state index in [2.05, 4.69) is 35.4 Å². The summed E-state index contributed by atoms with van der Waals surface area (Å²) in [5.74, 6) is 5.84. The Balaban J connectivity index is 0.00000442. The molecule has 7 nitrogen and oxygen atoms in total. The van der Waals surface area contributed by atoms with Crippen LogP contribution < -0.4 is 9.47 Å².